The molecule has 1 N–H and O–H groups in total. The molecule has 2 rings (SSSR count). The van der Waals surface area contributed by atoms with Gasteiger partial charge in [-0.1, -0.05) is 0 Å². The Morgan fingerprint density at radius 2 is 1.84 bits per heavy atom. The fourth-order valence-electron chi connectivity index (χ4n) is 2.32. The third-order valence-electron chi connectivity index (χ3n) is 3.41. The first kappa shape index (κ1) is 13.6. The van der Waals surface area contributed by atoms with Gasteiger partial charge in [0.1, 0.15) is 5.75 Å². The lowest BCUT2D eigenvalue weighted by Gasteiger charge is -2.15. The Labute approximate surface area is 116 Å². The van der Waals surface area contributed by atoms with E-state index in [0.29, 0.717) is 5.56 Å². The van der Waals surface area contributed by atoms with Crippen molar-refractivity contribution in [3.63, 3.8) is 0 Å². The van der Waals surface area contributed by atoms with E-state index in [1.165, 1.54) is 11.3 Å². The highest BCUT2D eigenvalue weighted by atomic mass is 32.1. The van der Waals surface area contributed by atoms with Gasteiger partial charge in [0.2, 0.25) is 0 Å². The van der Waals surface area contributed by atoms with Crippen molar-refractivity contribution in [1.82, 2.24) is 0 Å². The molecule has 1 aromatic heterocycles. The van der Waals surface area contributed by atoms with Crippen molar-refractivity contribution in [3.05, 3.63) is 39.1 Å². The molecule has 0 fully saturated rings. The van der Waals surface area contributed by atoms with E-state index in [9.17, 15) is 9.90 Å². The number of aryl methyl sites for hydroxylation is 1. The number of rotatable bonds is 3. The van der Waals surface area contributed by atoms with Crippen LogP contribution in [0.25, 0.3) is 11.1 Å². The fourth-order valence-corrected chi connectivity index (χ4v) is 3.15. The van der Waals surface area contributed by atoms with E-state index in [-0.39, 0.29) is 0 Å². The number of thiophene rings is 1. The monoisotopic (exact) mass is 276 g/mol. The van der Waals surface area contributed by atoms with Crippen LogP contribution in [0.5, 0.6) is 5.75 Å². The van der Waals surface area contributed by atoms with Gasteiger partial charge in [0.15, 0.2) is 0 Å². The van der Waals surface area contributed by atoms with Gasteiger partial charge in [0, 0.05) is 10.9 Å². The van der Waals surface area contributed by atoms with Crippen LogP contribution in [0.1, 0.15) is 27.0 Å². The summed E-state index contributed by atoms with van der Waals surface area (Å²) in [4.78, 5) is 11.2. The van der Waals surface area contributed by atoms with Crippen molar-refractivity contribution in [2.75, 3.05) is 7.11 Å². The summed E-state index contributed by atoms with van der Waals surface area (Å²) in [7, 11) is 1.65. The third-order valence-corrected chi connectivity index (χ3v) is 4.16. The maximum absolute atomic E-state index is 11.2. The summed E-state index contributed by atoms with van der Waals surface area (Å²) in [5.41, 5.74) is 5.24. The van der Waals surface area contributed by atoms with E-state index < -0.39 is 5.97 Å². The number of carboxylic acids is 1. The molecule has 0 spiro atoms. The van der Waals surface area contributed by atoms with E-state index in [0.717, 1.165) is 33.6 Å². The topological polar surface area (TPSA) is 46.5 Å². The Hall–Kier alpha value is -1.81. The summed E-state index contributed by atoms with van der Waals surface area (Å²) in [6, 6.07) is 2.00. The molecule has 0 amide bonds. The first-order valence-electron chi connectivity index (χ1n) is 5.92. The number of hydrogen-bond donors (Lipinski definition) is 1. The van der Waals surface area contributed by atoms with Gasteiger partial charge in [-0.05, 0) is 54.5 Å². The maximum atomic E-state index is 11.2. The Kier molecular flexibility index (Phi) is 3.62. The Bertz CT molecular complexity index is 641. The molecule has 0 unspecified atom stereocenters. The van der Waals surface area contributed by atoms with Crippen molar-refractivity contribution in [2.45, 2.75) is 20.8 Å². The first-order valence-corrected chi connectivity index (χ1v) is 6.86. The SMILES string of the molecule is COc1c(C)cc(-c2cscc2C(=O)O)c(C)c1C. The second-order valence-corrected chi connectivity index (χ2v) is 5.27. The molecule has 2 aromatic rings. The number of carbonyl (C=O) groups is 1. The molecule has 0 radical (unpaired) electrons. The molecule has 4 heteroatoms. The van der Waals surface area contributed by atoms with E-state index in [2.05, 4.69) is 0 Å². The number of methoxy groups -OCH3 is 1. The average Bonchev–Trinajstić information content (AvgIpc) is 2.83. The number of benzene rings is 1. The first-order chi connectivity index (χ1) is 8.97. The van der Waals surface area contributed by atoms with Crippen LogP contribution in [0.15, 0.2) is 16.8 Å². The standard InChI is InChI=1S/C15H16O3S/c1-8-5-11(9(2)10(3)14(8)18-4)12-6-19-7-13(12)15(16)17/h5-7H,1-4H3,(H,16,17). The van der Waals surface area contributed by atoms with Crippen LogP contribution in [0.4, 0.5) is 0 Å². The predicted octanol–water partition coefficient (Wildman–Crippen LogP) is 4.05. The predicted molar refractivity (Wildman–Crippen MR) is 77.5 cm³/mol. The summed E-state index contributed by atoms with van der Waals surface area (Å²) >= 11 is 1.41. The Morgan fingerprint density at radius 1 is 1.16 bits per heavy atom. The van der Waals surface area contributed by atoms with Crippen LogP contribution < -0.4 is 4.74 Å². The number of hydrogen-bond acceptors (Lipinski definition) is 3. The van der Waals surface area contributed by atoms with Crippen LogP contribution in [-0.2, 0) is 0 Å². The summed E-state index contributed by atoms with van der Waals surface area (Å²) in [5, 5.41) is 12.8. The van der Waals surface area contributed by atoms with E-state index in [1.807, 2.05) is 32.2 Å². The van der Waals surface area contributed by atoms with Crippen LogP contribution in [0, 0.1) is 20.8 Å². The van der Waals surface area contributed by atoms with Gasteiger partial charge in [-0.2, -0.15) is 11.3 Å². The zero-order chi connectivity index (χ0) is 14.2. The normalized spacial score (nSPS) is 10.5. The summed E-state index contributed by atoms with van der Waals surface area (Å²) < 4.78 is 5.39. The fraction of sp³-hybridized carbons (Fsp3) is 0.267. The Balaban J connectivity index is 2.70. The Morgan fingerprint density at radius 3 is 2.42 bits per heavy atom. The minimum Gasteiger partial charge on any atom is -0.496 e. The lowest BCUT2D eigenvalue weighted by atomic mass is 9.93. The molecule has 0 aliphatic carbocycles. The molecular formula is C15H16O3S. The number of carboxylic acid groups (broad SMARTS) is 1. The van der Waals surface area contributed by atoms with Crippen molar-refractivity contribution in [2.24, 2.45) is 0 Å². The van der Waals surface area contributed by atoms with Gasteiger partial charge in [-0.25, -0.2) is 4.79 Å². The van der Waals surface area contributed by atoms with Crippen LogP contribution in [0.2, 0.25) is 0 Å². The second-order valence-electron chi connectivity index (χ2n) is 4.53. The van der Waals surface area contributed by atoms with Crippen LogP contribution in [-0.4, -0.2) is 18.2 Å². The summed E-state index contributed by atoms with van der Waals surface area (Å²) in [5.74, 6) is -0.0184. The molecule has 0 saturated heterocycles. The minimum atomic E-state index is -0.887. The van der Waals surface area contributed by atoms with Gasteiger partial charge >= 0.3 is 5.97 Å². The van der Waals surface area contributed by atoms with Crippen molar-refractivity contribution < 1.29 is 14.6 Å². The van der Waals surface area contributed by atoms with Gasteiger partial charge in [-0.15, -0.1) is 0 Å². The minimum absolute atomic E-state index is 0.358. The van der Waals surface area contributed by atoms with E-state index in [1.54, 1.807) is 12.5 Å². The lowest BCUT2D eigenvalue weighted by Crippen LogP contribution is -2.00. The van der Waals surface area contributed by atoms with E-state index in [4.69, 9.17) is 4.74 Å². The van der Waals surface area contributed by atoms with Gasteiger partial charge in [0.05, 0.1) is 12.7 Å². The van der Waals surface area contributed by atoms with Crippen LogP contribution >= 0.6 is 11.3 Å². The smallest absolute Gasteiger partial charge is 0.337 e. The molecule has 0 aliphatic rings. The summed E-state index contributed by atoms with van der Waals surface area (Å²) in [6.45, 7) is 5.97. The second kappa shape index (κ2) is 5.05. The highest BCUT2D eigenvalue weighted by molar-refractivity contribution is 7.08. The largest absolute Gasteiger partial charge is 0.496 e. The van der Waals surface area contributed by atoms with Crippen LogP contribution in [0.3, 0.4) is 0 Å². The van der Waals surface area contributed by atoms with E-state index >= 15 is 0 Å². The zero-order valence-electron chi connectivity index (χ0n) is 11.4. The molecule has 0 atom stereocenters. The summed E-state index contributed by atoms with van der Waals surface area (Å²) in [6.07, 6.45) is 0. The maximum Gasteiger partial charge on any atom is 0.337 e. The van der Waals surface area contributed by atoms with Gasteiger partial charge in [-0.3, -0.25) is 0 Å². The zero-order valence-corrected chi connectivity index (χ0v) is 12.2. The molecule has 3 nitrogen and oxygen atoms in total. The number of aromatic carboxylic acids is 1. The molecular weight excluding hydrogens is 260 g/mol. The molecule has 19 heavy (non-hydrogen) atoms. The molecule has 1 heterocycles. The third kappa shape index (κ3) is 2.24. The molecule has 100 valence electrons. The van der Waals surface area contributed by atoms with Crippen molar-refractivity contribution >= 4 is 17.3 Å². The van der Waals surface area contributed by atoms with Crippen molar-refractivity contribution in [3.8, 4) is 16.9 Å². The number of ether oxygens (including phenoxy) is 1. The molecule has 0 bridgehead atoms. The lowest BCUT2D eigenvalue weighted by molar-refractivity contribution is 0.0698. The molecule has 0 aliphatic heterocycles. The van der Waals surface area contributed by atoms with Gasteiger partial charge < -0.3 is 9.84 Å². The highest BCUT2D eigenvalue weighted by Gasteiger charge is 2.17. The highest BCUT2D eigenvalue weighted by Crippen LogP contribution is 2.36. The average molecular weight is 276 g/mol. The molecule has 0 saturated carbocycles. The quantitative estimate of drug-likeness (QED) is 0.920. The van der Waals surface area contributed by atoms with Crippen molar-refractivity contribution in [1.29, 1.82) is 0 Å². The molecule has 1 aromatic carbocycles. The van der Waals surface area contributed by atoms with Gasteiger partial charge in [0.25, 0.3) is 0 Å².